The van der Waals surface area contributed by atoms with Gasteiger partial charge in [-0.25, -0.2) is 4.79 Å². The molecule has 2 aromatic rings. The number of benzene rings is 1. The van der Waals surface area contributed by atoms with Crippen LogP contribution >= 0.6 is 0 Å². The lowest BCUT2D eigenvalue weighted by Crippen LogP contribution is -2.44. The highest BCUT2D eigenvalue weighted by Crippen LogP contribution is 2.48. The third kappa shape index (κ3) is 3.66. The van der Waals surface area contributed by atoms with Gasteiger partial charge in [0.1, 0.15) is 5.69 Å². The summed E-state index contributed by atoms with van der Waals surface area (Å²) in [7, 11) is 3.07. The number of ether oxygens (including phenoxy) is 1. The van der Waals surface area contributed by atoms with Crippen molar-refractivity contribution in [3.8, 4) is 0 Å². The summed E-state index contributed by atoms with van der Waals surface area (Å²) < 4.78 is 6.56. The molecular formula is C24H30N2O4. The molecule has 1 aromatic carbocycles. The Morgan fingerprint density at radius 3 is 2.40 bits per heavy atom. The number of methoxy groups -OCH3 is 1. The molecule has 0 radical (unpaired) electrons. The standard InChI is InChI=1S/C24H30N2O4/c1-7-26(23(28)19-13-18(19)17-11-9-8-10-12-17)16(4)22(27)20-14(2)21(24(29)30-6)25(5)15(20)3/h8-12,16,18-19H,7,13H2,1-6H3/t16-,18-,19+/m0/s1. The normalized spacial score (nSPS) is 18.6. The molecule has 0 spiro atoms. The van der Waals surface area contributed by atoms with E-state index in [1.54, 1.807) is 30.4 Å². The molecule has 1 fully saturated rings. The van der Waals surface area contributed by atoms with Crippen molar-refractivity contribution in [2.24, 2.45) is 13.0 Å². The maximum atomic E-state index is 13.4. The van der Waals surface area contributed by atoms with Gasteiger partial charge in [0.25, 0.3) is 0 Å². The molecule has 1 heterocycles. The monoisotopic (exact) mass is 410 g/mol. The molecule has 1 aliphatic carbocycles. The lowest BCUT2D eigenvalue weighted by Gasteiger charge is -2.27. The number of esters is 1. The Kier molecular flexibility index (Phi) is 6.15. The van der Waals surface area contributed by atoms with Crippen LogP contribution in [0.3, 0.4) is 0 Å². The summed E-state index contributed by atoms with van der Waals surface area (Å²) in [5.74, 6) is -0.459. The molecule has 1 amide bonds. The van der Waals surface area contributed by atoms with Crippen LogP contribution in [0.2, 0.25) is 0 Å². The van der Waals surface area contributed by atoms with Gasteiger partial charge in [0.15, 0.2) is 5.78 Å². The van der Waals surface area contributed by atoms with Gasteiger partial charge in [-0.1, -0.05) is 30.3 Å². The van der Waals surface area contributed by atoms with Gasteiger partial charge < -0.3 is 14.2 Å². The quantitative estimate of drug-likeness (QED) is 0.516. The van der Waals surface area contributed by atoms with Crippen LogP contribution in [0.25, 0.3) is 0 Å². The Morgan fingerprint density at radius 1 is 1.20 bits per heavy atom. The molecule has 0 aliphatic heterocycles. The number of ketones is 1. The molecule has 0 N–H and O–H groups in total. The summed E-state index contributed by atoms with van der Waals surface area (Å²) in [6.45, 7) is 7.69. The van der Waals surface area contributed by atoms with Crippen molar-refractivity contribution in [1.82, 2.24) is 9.47 Å². The Labute approximate surface area is 177 Å². The third-order valence-electron chi connectivity index (χ3n) is 6.36. The number of aromatic nitrogens is 1. The molecule has 160 valence electrons. The fraction of sp³-hybridized carbons (Fsp3) is 0.458. The predicted molar refractivity (Wildman–Crippen MR) is 115 cm³/mol. The number of hydrogen-bond acceptors (Lipinski definition) is 4. The molecule has 30 heavy (non-hydrogen) atoms. The van der Waals surface area contributed by atoms with Crippen molar-refractivity contribution < 1.29 is 19.1 Å². The van der Waals surface area contributed by atoms with Gasteiger partial charge in [0.05, 0.1) is 13.2 Å². The van der Waals surface area contributed by atoms with E-state index in [1.165, 1.54) is 12.7 Å². The van der Waals surface area contributed by atoms with Crippen LogP contribution in [0.1, 0.15) is 63.9 Å². The van der Waals surface area contributed by atoms with E-state index in [1.807, 2.05) is 44.2 Å². The van der Waals surface area contributed by atoms with E-state index in [-0.39, 0.29) is 23.5 Å². The lowest BCUT2D eigenvalue weighted by atomic mass is 9.99. The first-order valence-electron chi connectivity index (χ1n) is 10.4. The van der Waals surface area contributed by atoms with Crippen molar-refractivity contribution in [2.45, 2.75) is 46.1 Å². The van der Waals surface area contributed by atoms with Gasteiger partial charge in [0.2, 0.25) is 5.91 Å². The zero-order chi connectivity index (χ0) is 22.2. The summed E-state index contributed by atoms with van der Waals surface area (Å²) >= 11 is 0. The first kappa shape index (κ1) is 21.8. The first-order chi connectivity index (χ1) is 14.2. The van der Waals surface area contributed by atoms with Crippen LogP contribution in [0, 0.1) is 19.8 Å². The van der Waals surface area contributed by atoms with E-state index in [4.69, 9.17) is 4.74 Å². The minimum Gasteiger partial charge on any atom is -0.464 e. The molecule has 3 atom stereocenters. The van der Waals surface area contributed by atoms with Crippen LogP contribution < -0.4 is 0 Å². The number of carbonyl (C=O) groups excluding carboxylic acids is 3. The molecule has 0 unspecified atom stereocenters. The molecule has 3 rings (SSSR count). The van der Waals surface area contributed by atoms with Crippen molar-refractivity contribution in [3.63, 3.8) is 0 Å². The van der Waals surface area contributed by atoms with E-state index in [9.17, 15) is 14.4 Å². The Hall–Kier alpha value is -2.89. The number of nitrogens with zero attached hydrogens (tertiary/aromatic N) is 2. The van der Waals surface area contributed by atoms with Gasteiger partial charge >= 0.3 is 5.97 Å². The van der Waals surface area contributed by atoms with Crippen molar-refractivity contribution >= 4 is 17.7 Å². The fourth-order valence-electron chi connectivity index (χ4n) is 4.45. The van der Waals surface area contributed by atoms with Crippen LogP contribution in [-0.2, 0) is 16.6 Å². The van der Waals surface area contributed by atoms with Crippen LogP contribution in [-0.4, -0.2) is 46.8 Å². The third-order valence-corrected chi connectivity index (χ3v) is 6.36. The van der Waals surface area contributed by atoms with Gasteiger partial charge in [-0.15, -0.1) is 0 Å². The molecule has 6 nitrogen and oxygen atoms in total. The van der Waals surface area contributed by atoms with E-state index in [0.717, 1.165) is 6.42 Å². The van der Waals surface area contributed by atoms with Crippen molar-refractivity contribution in [1.29, 1.82) is 0 Å². The van der Waals surface area contributed by atoms with Gasteiger partial charge in [-0.2, -0.15) is 0 Å². The number of hydrogen-bond donors (Lipinski definition) is 0. The maximum absolute atomic E-state index is 13.4. The predicted octanol–water partition coefficient (Wildman–Crippen LogP) is 3.65. The Bertz CT molecular complexity index is 977. The SMILES string of the molecule is CCN(C(=O)[C@@H]1C[C@H]1c1ccccc1)[C@@H](C)C(=O)c1c(C)c(C(=O)OC)n(C)c1C. The largest absolute Gasteiger partial charge is 0.464 e. The van der Waals surface area contributed by atoms with E-state index in [2.05, 4.69) is 0 Å². The second-order valence-electron chi connectivity index (χ2n) is 8.01. The summed E-state index contributed by atoms with van der Waals surface area (Å²) in [4.78, 5) is 40.4. The van der Waals surface area contributed by atoms with E-state index in [0.29, 0.717) is 29.1 Å². The highest BCUT2D eigenvalue weighted by Gasteiger charge is 2.47. The number of Topliss-reactive ketones (excluding diaryl/α,β-unsaturated/α-hetero) is 1. The molecule has 0 bridgehead atoms. The first-order valence-corrected chi connectivity index (χ1v) is 10.4. The zero-order valence-electron chi connectivity index (χ0n) is 18.6. The Balaban J connectivity index is 1.83. The summed E-state index contributed by atoms with van der Waals surface area (Å²) in [5, 5.41) is 0. The molecule has 6 heteroatoms. The molecule has 0 saturated heterocycles. The zero-order valence-corrected chi connectivity index (χ0v) is 18.6. The second kappa shape index (κ2) is 8.46. The van der Waals surface area contributed by atoms with Gasteiger partial charge in [-0.3, -0.25) is 9.59 Å². The fourth-order valence-corrected chi connectivity index (χ4v) is 4.45. The number of carbonyl (C=O) groups is 3. The molecule has 1 aliphatic rings. The van der Waals surface area contributed by atoms with E-state index >= 15 is 0 Å². The molecular weight excluding hydrogens is 380 g/mol. The minimum absolute atomic E-state index is 0.0200. The second-order valence-corrected chi connectivity index (χ2v) is 8.01. The van der Waals surface area contributed by atoms with Crippen LogP contribution in [0.4, 0.5) is 0 Å². The Morgan fingerprint density at radius 2 is 1.83 bits per heavy atom. The van der Waals surface area contributed by atoms with Gasteiger partial charge in [0, 0.05) is 30.8 Å². The number of amides is 1. The smallest absolute Gasteiger partial charge is 0.354 e. The number of rotatable bonds is 7. The topological polar surface area (TPSA) is 68.6 Å². The highest BCUT2D eigenvalue weighted by atomic mass is 16.5. The summed E-state index contributed by atoms with van der Waals surface area (Å²) in [6, 6.07) is 9.43. The molecule has 1 saturated carbocycles. The maximum Gasteiger partial charge on any atom is 0.354 e. The average molecular weight is 411 g/mol. The van der Waals surface area contributed by atoms with Crippen molar-refractivity contribution in [2.75, 3.05) is 13.7 Å². The van der Waals surface area contributed by atoms with Crippen molar-refractivity contribution in [3.05, 3.63) is 58.4 Å². The van der Waals surface area contributed by atoms with Crippen LogP contribution in [0.15, 0.2) is 30.3 Å². The highest BCUT2D eigenvalue weighted by molar-refractivity contribution is 6.06. The number of likely N-dealkylation sites (N-methyl/N-ethyl adjacent to an activating group) is 1. The average Bonchev–Trinajstić information content (AvgIpc) is 3.51. The lowest BCUT2D eigenvalue weighted by molar-refractivity contribution is -0.133. The minimum atomic E-state index is -0.607. The van der Waals surface area contributed by atoms with Gasteiger partial charge in [-0.05, 0) is 51.2 Å². The van der Waals surface area contributed by atoms with E-state index < -0.39 is 12.0 Å². The van der Waals surface area contributed by atoms with Crippen LogP contribution in [0.5, 0.6) is 0 Å². The summed E-state index contributed by atoms with van der Waals surface area (Å²) in [5.41, 5.74) is 3.32. The summed E-state index contributed by atoms with van der Waals surface area (Å²) in [6.07, 6.45) is 0.816. The molecule has 1 aromatic heterocycles.